The average molecular weight is 627 g/mol. The Balaban J connectivity index is 1.47. The number of nitrogens with zero attached hydrogens (tertiary/aromatic N) is 2. The molecule has 2 aromatic carbocycles. The molecule has 4 aromatic rings. The smallest absolute Gasteiger partial charge is 0.243 e. The third-order valence-electron chi connectivity index (χ3n) is 7.84. The van der Waals surface area contributed by atoms with E-state index in [-0.39, 0.29) is 38.2 Å². The molecular weight excluding hydrogens is 588 g/mol. The second kappa shape index (κ2) is 14.9. The van der Waals surface area contributed by atoms with E-state index in [9.17, 15) is 19.2 Å². The first-order valence-corrected chi connectivity index (χ1v) is 15.1. The largest absolute Gasteiger partial charge is 0.370 e. The molecule has 5 rings (SSSR count). The van der Waals surface area contributed by atoms with Gasteiger partial charge < -0.3 is 42.7 Å². The quantitative estimate of drug-likeness (QED) is 0.0678. The molecule has 1 saturated heterocycles. The van der Waals surface area contributed by atoms with Crippen LogP contribution in [0.2, 0.25) is 0 Å². The summed E-state index contributed by atoms with van der Waals surface area (Å²) in [6, 6.07) is 12.6. The fourth-order valence-electron chi connectivity index (χ4n) is 5.48. The van der Waals surface area contributed by atoms with E-state index in [1.54, 1.807) is 12.4 Å². The Hall–Kier alpha value is -5.66. The number of aromatic nitrogens is 3. The lowest BCUT2D eigenvalue weighted by Gasteiger charge is -2.29. The van der Waals surface area contributed by atoms with E-state index in [1.807, 2.05) is 54.6 Å². The summed E-state index contributed by atoms with van der Waals surface area (Å²) in [5.74, 6) is -2.28. The van der Waals surface area contributed by atoms with Crippen LogP contribution in [-0.4, -0.2) is 75.3 Å². The molecule has 14 nitrogen and oxygen atoms in total. The molecule has 4 atom stereocenters. The molecule has 14 heteroatoms. The van der Waals surface area contributed by atoms with Crippen molar-refractivity contribution < 1.29 is 19.2 Å². The summed E-state index contributed by atoms with van der Waals surface area (Å²) in [5.41, 5.74) is 14.0. The summed E-state index contributed by atoms with van der Waals surface area (Å²) in [6.07, 6.45) is 5.75. The number of imidazole rings is 1. The number of nitrogens with two attached hydrogens (primary N) is 2. The van der Waals surface area contributed by atoms with Crippen molar-refractivity contribution in [3.8, 4) is 0 Å². The Kier molecular flexibility index (Phi) is 10.3. The minimum atomic E-state index is -1.07. The summed E-state index contributed by atoms with van der Waals surface area (Å²) in [7, 11) is 0. The van der Waals surface area contributed by atoms with E-state index in [0.29, 0.717) is 12.1 Å². The Morgan fingerprint density at radius 1 is 0.717 bits per heavy atom. The van der Waals surface area contributed by atoms with E-state index in [0.717, 1.165) is 22.0 Å². The predicted octanol–water partition coefficient (Wildman–Crippen LogP) is -0.0747. The van der Waals surface area contributed by atoms with Crippen molar-refractivity contribution >= 4 is 40.5 Å². The molecular formula is C32H38N10O4. The van der Waals surface area contributed by atoms with Gasteiger partial charge in [0.1, 0.15) is 24.2 Å². The van der Waals surface area contributed by atoms with Crippen molar-refractivity contribution in [1.29, 1.82) is 0 Å². The molecule has 10 N–H and O–H groups in total. The molecule has 2 aromatic heterocycles. The van der Waals surface area contributed by atoms with Gasteiger partial charge in [0, 0.05) is 54.8 Å². The van der Waals surface area contributed by atoms with Crippen molar-refractivity contribution in [2.45, 2.75) is 56.3 Å². The zero-order valence-corrected chi connectivity index (χ0v) is 25.2. The topological polar surface area (TPSA) is 225 Å². The number of H-pyrrole nitrogens is 2. The van der Waals surface area contributed by atoms with Crippen LogP contribution in [-0.2, 0) is 38.4 Å². The number of para-hydroxylation sites is 1. The number of rotatable bonds is 10. The maximum atomic E-state index is 13.9. The van der Waals surface area contributed by atoms with Crippen LogP contribution in [0.25, 0.3) is 10.9 Å². The van der Waals surface area contributed by atoms with Gasteiger partial charge in [-0.1, -0.05) is 48.5 Å². The van der Waals surface area contributed by atoms with Gasteiger partial charge in [-0.2, -0.15) is 0 Å². The van der Waals surface area contributed by atoms with E-state index in [2.05, 4.69) is 41.2 Å². The number of benzene rings is 2. The van der Waals surface area contributed by atoms with Crippen LogP contribution in [0.5, 0.6) is 0 Å². The van der Waals surface area contributed by atoms with E-state index in [4.69, 9.17) is 11.5 Å². The molecule has 0 radical (unpaired) electrons. The van der Waals surface area contributed by atoms with Gasteiger partial charge in [-0.25, -0.2) is 4.98 Å². The van der Waals surface area contributed by atoms with Crippen LogP contribution in [0.1, 0.15) is 29.7 Å². The second-order valence-corrected chi connectivity index (χ2v) is 11.2. The highest BCUT2D eigenvalue weighted by Crippen LogP contribution is 2.20. The van der Waals surface area contributed by atoms with Gasteiger partial charge in [-0.15, -0.1) is 0 Å². The van der Waals surface area contributed by atoms with Gasteiger partial charge in [0.2, 0.25) is 23.6 Å². The normalized spacial score (nSPS) is 20.9. The molecule has 3 heterocycles. The third-order valence-corrected chi connectivity index (χ3v) is 7.84. The molecule has 0 aliphatic carbocycles. The van der Waals surface area contributed by atoms with Crippen molar-refractivity contribution in [2.24, 2.45) is 16.5 Å². The van der Waals surface area contributed by atoms with Gasteiger partial charge in [-0.05, 0) is 30.0 Å². The summed E-state index contributed by atoms with van der Waals surface area (Å²) in [4.78, 5) is 69.5. The SMILES string of the molecule is NC(N)=NCCC[C@@H]1NC(=O)[C@@H](Cc2ccccc2)NC(=O)[C@H](Cc2cnc[nH]2)NC(=O)[C@H](Cc2c[nH]c3ccccc23)NC1=O. The van der Waals surface area contributed by atoms with Crippen molar-refractivity contribution in [1.82, 2.24) is 36.2 Å². The number of aliphatic imine (C=N–C) groups is 1. The molecule has 0 spiro atoms. The van der Waals surface area contributed by atoms with E-state index in [1.165, 1.54) is 6.33 Å². The molecule has 1 fully saturated rings. The van der Waals surface area contributed by atoms with E-state index >= 15 is 0 Å². The number of carbonyl (C=O) groups excluding carboxylic acids is 4. The molecule has 1 aliphatic heterocycles. The second-order valence-electron chi connectivity index (χ2n) is 11.2. The monoisotopic (exact) mass is 626 g/mol. The lowest BCUT2D eigenvalue weighted by atomic mass is 10.00. The number of amides is 4. The van der Waals surface area contributed by atoms with Crippen LogP contribution in [0, 0.1) is 0 Å². The number of guanidine groups is 1. The standard InChI is InChI=1S/C32H38N10O4/c33-32(34)36-12-6-11-24-28(43)41-26(14-20-16-37-23-10-5-4-9-22(20)23)30(45)42-27(15-21-17-35-18-38-21)31(46)40-25(29(44)39-24)13-19-7-2-1-3-8-19/h1-5,7-10,16-18,24-27,37H,6,11-15H2,(H,35,38)(H,39,44)(H,40,46)(H,41,43)(H,42,45)(H4,33,34,36)/t24-,25+,26-,27-/m0/s1. The number of hydrogen-bond acceptors (Lipinski definition) is 6. The fraction of sp³-hybridized carbons (Fsp3) is 0.312. The van der Waals surface area contributed by atoms with Crippen molar-refractivity contribution in [2.75, 3.05) is 6.54 Å². The minimum absolute atomic E-state index is 0.0818. The fourth-order valence-corrected chi connectivity index (χ4v) is 5.48. The number of fused-ring (bicyclic) bond motifs is 1. The summed E-state index contributed by atoms with van der Waals surface area (Å²) < 4.78 is 0. The van der Waals surface area contributed by atoms with Gasteiger partial charge in [0.25, 0.3) is 0 Å². The average Bonchev–Trinajstić information content (AvgIpc) is 3.71. The maximum absolute atomic E-state index is 13.9. The predicted molar refractivity (Wildman–Crippen MR) is 172 cm³/mol. The number of hydrogen-bond donors (Lipinski definition) is 8. The van der Waals surface area contributed by atoms with Gasteiger partial charge >= 0.3 is 0 Å². The van der Waals surface area contributed by atoms with Crippen LogP contribution in [0.15, 0.2) is 78.3 Å². The number of carbonyl (C=O) groups is 4. The van der Waals surface area contributed by atoms with Crippen LogP contribution < -0.4 is 32.7 Å². The zero-order chi connectivity index (χ0) is 32.5. The molecule has 0 saturated carbocycles. The highest BCUT2D eigenvalue weighted by molar-refractivity contribution is 5.98. The molecule has 0 bridgehead atoms. The number of nitrogens with one attached hydrogen (secondary N) is 6. The Morgan fingerprint density at radius 2 is 1.33 bits per heavy atom. The Labute approximate surface area is 265 Å². The first-order chi connectivity index (χ1) is 22.3. The van der Waals surface area contributed by atoms with Gasteiger partial charge in [0.15, 0.2) is 5.96 Å². The highest BCUT2D eigenvalue weighted by Gasteiger charge is 2.34. The van der Waals surface area contributed by atoms with Crippen molar-refractivity contribution in [3.05, 3.63) is 90.1 Å². The molecule has 240 valence electrons. The van der Waals surface area contributed by atoms with Gasteiger partial charge in [-0.3, -0.25) is 24.2 Å². The first-order valence-electron chi connectivity index (χ1n) is 15.1. The van der Waals surface area contributed by atoms with Crippen LogP contribution in [0.4, 0.5) is 0 Å². The Bertz CT molecular complexity index is 1680. The molecule has 46 heavy (non-hydrogen) atoms. The maximum Gasteiger partial charge on any atom is 0.243 e. The Morgan fingerprint density at radius 3 is 2.00 bits per heavy atom. The summed E-state index contributed by atoms with van der Waals surface area (Å²) >= 11 is 0. The third kappa shape index (κ3) is 8.28. The summed E-state index contributed by atoms with van der Waals surface area (Å²) in [6.45, 7) is 0.237. The minimum Gasteiger partial charge on any atom is -0.370 e. The zero-order valence-electron chi connectivity index (χ0n) is 25.2. The lowest BCUT2D eigenvalue weighted by molar-refractivity contribution is -0.136. The van der Waals surface area contributed by atoms with Crippen LogP contribution >= 0.6 is 0 Å². The number of aromatic amines is 2. The molecule has 1 aliphatic rings. The molecule has 4 amide bonds. The van der Waals surface area contributed by atoms with Gasteiger partial charge in [0.05, 0.1) is 6.33 Å². The lowest BCUT2D eigenvalue weighted by Crippen LogP contribution is -2.62. The summed E-state index contributed by atoms with van der Waals surface area (Å²) in [5, 5.41) is 12.2. The highest BCUT2D eigenvalue weighted by atomic mass is 16.2. The first kappa shape index (κ1) is 31.8. The van der Waals surface area contributed by atoms with Crippen LogP contribution in [0.3, 0.4) is 0 Å². The van der Waals surface area contributed by atoms with E-state index < -0.39 is 47.8 Å². The molecule has 0 unspecified atom stereocenters. The van der Waals surface area contributed by atoms with Crippen molar-refractivity contribution in [3.63, 3.8) is 0 Å².